The van der Waals surface area contributed by atoms with Crippen LogP contribution in [0.4, 0.5) is 0 Å². The molecule has 0 radical (unpaired) electrons. The van der Waals surface area contributed by atoms with Crippen molar-refractivity contribution in [3.05, 3.63) is 0 Å². The fraction of sp³-hybridized carbons (Fsp3) is 0.857. The molecule has 1 rings (SSSR count). The fourth-order valence-electron chi connectivity index (χ4n) is 0.652. The standard InChI is InChI=1S/C4H13N3.C3H6N2/c5-1-3-7-4-2-6;1-2-5-3-4-1/h7H,1-6H2;3H,1-2H2,(H,4,5). The largest absolute Gasteiger partial charge is 0.375 e. The van der Waals surface area contributed by atoms with Crippen LogP contribution in [0.2, 0.25) is 0 Å². The molecule has 0 aromatic carbocycles. The van der Waals surface area contributed by atoms with Crippen molar-refractivity contribution in [3.8, 4) is 0 Å². The second-order valence-corrected chi connectivity index (χ2v) is 2.32. The lowest BCUT2D eigenvalue weighted by molar-refractivity contribution is 0.696. The van der Waals surface area contributed by atoms with Crippen LogP contribution in [-0.4, -0.2) is 45.6 Å². The molecule has 0 saturated carbocycles. The highest BCUT2D eigenvalue weighted by Gasteiger charge is 1.82. The van der Waals surface area contributed by atoms with Gasteiger partial charge in [0, 0.05) is 32.7 Å². The third-order valence-electron chi connectivity index (χ3n) is 1.21. The summed E-state index contributed by atoms with van der Waals surface area (Å²) in [4.78, 5) is 3.85. The summed E-state index contributed by atoms with van der Waals surface area (Å²) in [6, 6.07) is 0. The molecule has 0 unspecified atom stereocenters. The van der Waals surface area contributed by atoms with Gasteiger partial charge >= 0.3 is 0 Å². The summed E-state index contributed by atoms with van der Waals surface area (Å²) >= 11 is 0. The molecule has 0 atom stereocenters. The second-order valence-electron chi connectivity index (χ2n) is 2.32. The molecule has 0 spiro atoms. The van der Waals surface area contributed by atoms with Gasteiger partial charge in [0.15, 0.2) is 0 Å². The van der Waals surface area contributed by atoms with E-state index in [-0.39, 0.29) is 0 Å². The van der Waals surface area contributed by atoms with E-state index in [0.717, 1.165) is 26.2 Å². The molecule has 0 amide bonds. The Morgan fingerprint density at radius 1 is 1.33 bits per heavy atom. The van der Waals surface area contributed by atoms with Gasteiger partial charge in [0.25, 0.3) is 0 Å². The quantitative estimate of drug-likeness (QED) is 0.374. The Hall–Kier alpha value is -0.650. The van der Waals surface area contributed by atoms with Crippen molar-refractivity contribution in [2.75, 3.05) is 39.3 Å². The summed E-state index contributed by atoms with van der Waals surface area (Å²) in [5.41, 5.74) is 10.3. The smallest absolute Gasteiger partial charge is 0.0825 e. The Kier molecular flexibility index (Phi) is 9.79. The first-order valence-corrected chi connectivity index (χ1v) is 4.24. The lowest BCUT2D eigenvalue weighted by Crippen LogP contribution is -2.27. The number of hydrogen-bond donors (Lipinski definition) is 4. The molecule has 1 aliphatic rings. The summed E-state index contributed by atoms with van der Waals surface area (Å²) in [5.74, 6) is 0. The summed E-state index contributed by atoms with van der Waals surface area (Å²) in [7, 11) is 0. The molecular weight excluding hydrogens is 154 g/mol. The van der Waals surface area contributed by atoms with Crippen molar-refractivity contribution >= 4 is 6.34 Å². The van der Waals surface area contributed by atoms with E-state index >= 15 is 0 Å². The zero-order valence-corrected chi connectivity index (χ0v) is 7.42. The van der Waals surface area contributed by atoms with Gasteiger partial charge in [-0.15, -0.1) is 0 Å². The van der Waals surface area contributed by atoms with Crippen LogP contribution in [0.15, 0.2) is 4.99 Å². The average molecular weight is 173 g/mol. The molecule has 0 bridgehead atoms. The molecule has 72 valence electrons. The third kappa shape index (κ3) is 9.35. The van der Waals surface area contributed by atoms with E-state index in [1.807, 2.05) is 0 Å². The highest BCUT2D eigenvalue weighted by molar-refractivity contribution is 5.56. The van der Waals surface area contributed by atoms with Crippen LogP contribution < -0.4 is 22.1 Å². The molecule has 1 aliphatic heterocycles. The summed E-state index contributed by atoms with van der Waals surface area (Å²) < 4.78 is 0. The van der Waals surface area contributed by atoms with E-state index in [2.05, 4.69) is 15.6 Å². The van der Waals surface area contributed by atoms with Gasteiger partial charge in [0.2, 0.25) is 0 Å². The molecule has 5 nitrogen and oxygen atoms in total. The highest BCUT2D eigenvalue weighted by Crippen LogP contribution is 1.68. The van der Waals surface area contributed by atoms with Crippen molar-refractivity contribution in [1.82, 2.24) is 10.6 Å². The lowest BCUT2D eigenvalue weighted by atomic mass is 10.6. The minimum atomic E-state index is 0.694. The second kappa shape index (κ2) is 10.3. The molecule has 6 N–H and O–H groups in total. The van der Waals surface area contributed by atoms with Crippen LogP contribution in [0.25, 0.3) is 0 Å². The SMILES string of the molecule is C1=NCCN1.NCCNCCN. The molecule has 0 aliphatic carbocycles. The summed E-state index contributed by atoms with van der Waals surface area (Å²) in [5, 5.41) is 5.97. The first-order chi connectivity index (χ1) is 5.91. The molecular formula is C7H19N5. The molecule has 0 aromatic rings. The van der Waals surface area contributed by atoms with E-state index in [1.54, 1.807) is 6.34 Å². The van der Waals surface area contributed by atoms with Gasteiger partial charge in [0.1, 0.15) is 0 Å². The Morgan fingerprint density at radius 2 is 2.00 bits per heavy atom. The molecule has 12 heavy (non-hydrogen) atoms. The van der Waals surface area contributed by atoms with E-state index < -0.39 is 0 Å². The predicted octanol–water partition coefficient (Wildman–Crippen LogP) is -1.89. The van der Waals surface area contributed by atoms with Crippen LogP contribution in [0.1, 0.15) is 0 Å². The Morgan fingerprint density at radius 3 is 2.25 bits per heavy atom. The molecule has 5 heteroatoms. The summed E-state index contributed by atoms with van der Waals surface area (Å²) in [6.07, 6.45) is 1.74. The van der Waals surface area contributed by atoms with E-state index in [0.29, 0.717) is 13.1 Å². The number of hydrogen-bond acceptors (Lipinski definition) is 5. The highest BCUT2D eigenvalue weighted by atomic mass is 15.0. The topological polar surface area (TPSA) is 88.5 Å². The third-order valence-corrected chi connectivity index (χ3v) is 1.21. The van der Waals surface area contributed by atoms with Crippen LogP contribution >= 0.6 is 0 Å². The number of aliphatic imine (C=N–C) groups is 1. The van der Waals surface area contributed by atoms with Crippen molar-refractivity contribution in [3.63, 3.8) is 0 Å². The predicted molar refractivity (Wildman–Crippen MR) is 52.3 cm³/mol. The maximum atomic E-state index is 5.17. The molecule has 0 fully saturated rings. The van der Waals surface area contributed by atoms with Crippen LogP contribution in [0.3, 0.4) is 0 Å². The van der Waals surface area contributed by atoms with E-state index in [4.69, 9.17) is 11.5 Å². The summed E-state index contributed by atoms with van der Waals surface area (Å²) in [6.45, 7) is 5.12. The van der Waals surface area contributed by atoms with Gasteiger partial charge < -0.3 is 22.1 Å². The zero-order valence-electron chi connectivity index (χ0n) is 7.42. The lowest BCUT2D eigenvalue weighted by Gasteiger charge is -1.95. The van der Waals surface area contributed by atoms with Gasteiger partial charge in [-0.25, -0.2) is 0 Å². The number of nitrogens with two attached hydrogens (primary N) is 2. The van der Waals surface area contributed by atoms with Crippen LogP contribution in [-0.2, 0) is 0 Å². The van der Waals surface area contributed by atoms with Crippen molar-refractivity contribution in [1.29, 1.82) is 0 Å². The normalized spacial score (nSPS) is 13.5. The van der Waals surface area contributed by atoms with Crippen molar-refractivity contribution < 1.29 is 0 Å². The van der Waals surface area contributed by atoms with Crippen molar-refractivity contribution in [2.24, 2.45) is 16.5 Å². The number of nitrogens with one attached hydrogen (secondary N) is 2. The van der Waals surface area contributed by atoms with E-state index in [9.17, 15) is 0 Å². The fourth-order valence-corrected chi connectivity index (χ4v) is 0.652. The minimum absolute atomic E-state index is 0.694. The van der Waals surface area contributed by atoms with Crippen molar-refractivity contribution in [2.45, 2.75) is 0 Å². The molecule has 1 heterocycles. The number of nitrogens with zero attached hydrogens (tertiary/aromatic N) is 1. The Balaban J connectivity index is 0.000000211. The first kappa shape index (κ1) is 11.4. The first-order valence-electron chi connectivity index (χ1n) is 4.24. The van der Waals surface area contributed by atoms with Crippen LogP contribution in [0.5, 0.6) is 0 Å². The van der Waals surface area contributed by atoms with Crippen LogP contribution in [0, 0.1) is 0 Å². The maximum absolute atomic E-state index is 5.17. The Bertz CT molecular complexity index is 94.0. The monoisotopic (exact) mass is 173 g/mol. The van der Waals surface area contributed by atoms with Gasteiger partial charge in [0.05, 0.1) is 12.9 Å². The van der Waals surface area contributed by atoms with Gasteiger partial charge in [-0.2, -0.15) is 0 Å². The minimum Gasteiger partial charge on any atom is -0.375 e. The van der Waals surface area contributed by atoms with E-state index in [1.165, 1.54) is 0 Å². The zero-order chi connectivity index (χ0) is 9.07. The number of rotatable bonds is 4. The van der Waals surface area contributed by atoms with Gasteiger partial charge in [-0.05, 0) is 0 Å². The maximum Gasteiger partial charge on any atom is 0.0825 e. The average Bonchev–Trinajstić information content (AvgIpc) is 2.62. The van der Waals surface area contributed by atoms with Gasteiger partial charge in [-0.3, -0.25) is 4.99 Å². The van der Waals surface area contributed by atoms with Gasteiger partial charge in [-0.1, -0.05) is 0 Å². The molecule has 0 aromatic heterocycles. The molecule has 0 saturated heterocycles. The Labute approximate surface area is 73.6 Å².